The Bertz CT molecular complexity index is 1800. The van der Waals surface area contributed by atoms with Crippen LogP contribution in [0.1, 0.15) is 35.7 Å². The largest absolute Gasteiger partial charge is 0.494 e. The molecule has 5 aromatic rings. The fourth-order valence-electron chi connectivity index (χ4n) is 4.49. The number of anilines is 2. The number of nitrogens with one attached hydrogen (secondary N) is 4. The summed E-state index contributed by atoms with van der Waals surface area (Å²) in [5.41, 5.74) is 3.42. The predicted molar refractivity (Wildman–Crippen MR) is 181 cm³/mol. The van der Waals surface area contributed by atoms with Crippen molar-refractivity contribution in [2.75, 3.05) is 23.0 Å². The molecule has 0 aliphatic carbocycles. The van der Waals surface area contributed by atoms with Crippen molar-refractivity contribution in [1.29, 1.82) is 0 Å². The summed E-state index contributed by atoms with van der Waals surface area (Å²) >= 11 is 1.35. The molecule has 1 heterocycles. The highest BCUT2D eigenvalue weighted by atomic mass is 32.2. The Kier molecular flexibility index (Phi) is 10.7. The predicted octanol–water partition coefficient (Wildman–Crippen LogP) is 7.49. The van der Waals surface area contributed by atoms with Gasteiger partial charge in [-0.15, -0.1) is 11.8 Å². The van der Waals surface area contributed by atoms with Gasteiger partial charge in [0, 0.05) is 44.5 Å². The third-order valence-corrected chi connectivity index (χ3v) is 7.81. The van der Waals surface area contributed by atoms with E-state index in [2.05, 4.69) is 27.9 Å². The average Bonchev–Trinajstić information content (AvgIpc) is 3.47. The van der Waals surface area contributed by atoms with Crippen LogP contribution in [0.25, 0.3) is 17.0 Å². The molecule has 9 heteroatoms. The number of para-hydroxylation sites is 1. The van der Waals surface area contributed by atoms with Gasteiger partial charge in [0.2, 0.25) is 5.91 Å². The van der Waals surface area contributed by atoms with Crippen LogP contribution < -0.4 is 20.7 Å². The average molecular weight is 619 g/mol. The first-order chi connectivity index (χ1) is 22.0. The molecule has 4 aromatic carbocycles. The summed E-state index contributed by atoms with van der Waals surface area (Å²) in [7, 11) is 0. The second-order valence-corrected chi connectivity index (χ2v) is 11.3. The number of H-pyrrole nitrogens is 1. The fourth-order valence-corrected chi connectivity index (χ4v) is 5.24. The van der Waals surface area contributed by atoms with Crippen LogP contribution in [0.15, 0.2) is 120 Å². The van der Waals surface area contributed by atoms with Crippen LogP contribution in [-0.2, 0) is 9.59 Å². The second kappa shape index (κ2) is 15.4. The summed E-state index contributed by atoms with van der Waals surface area (Å²) in [6.07, 6.45) is 5.51. The van der Waals surface area contributed by atoms with E-state index in [0.29, 0.717) is 23.5 Å². The quantitative estimate of drug-likeness (QED) is 0.0621. The number of hydrogen-bond acceptors (Lipinski definition) is 5. The number of hydrogen-bond donors (Lipinski definition) is 4. The Labute approximate surface area is 266 Å². The fraction of sp³-hybridized carbons (Fsp3) is 0.139. The van der Waals surface area contributed by atoms with Crippen molar-refractivity contribution in [2.45, 2.75) is 24.7 Å². The molecule has 1 aromatic heterocycles. The van der Waals surface area contributed by atoms with Crippen molar-refractivity contribution in [3.63, 3.8) is 0 Å². The van der Waals surface area contributed by atoms with Crippen LogP contribution in [0.2, 0.25) is 0 Å². The van der Waals surface area contributed by atoms with Crippen molar-refractivity contribution >= 4 is 57.8 Å². The van der Waals surface area contributed by atoms with Gasteiger partial charge in [-0.1, -0.05) is 55.8 Å². The number of thioether (sulfide) groups is 1. The van der Waals surface area contributed by atoms with Crippen molar-refractivity contribution in [3.05, 3.63) is 126 Å². The normalized spacial score (nSPS) is 11.2. The highest BCUT2D eigenvalue weighted by Crippen LogP contribution is 2.24. The van der Waals surface area contributed by atoms with Gasteiger partial charge in [-0.05, 0) is 73.2 Å². The first-order valence-electron chi connectivity index (χ1n) is 14.7. The Morgan fingerprint density at radius 1 is 0.844 bits per heavy atom. The number of ether oxygens (including phenoxy) is 1. The molecular formula is C36H34N4O4S. The molecule has 45 heavy (non-hydrogen) atoms. The zero-order chi connectivity index (χ0) is 31.4. The maximum absolute atomic E-state index is 13.5. The lowest BCUT2D eigenvalue weighted by molar-refractivity contribution is -0.114. The summed E-state index contributed by atoms with van der Waals surface area (Å²) in [6.45, 7) is 2.78. The number of carbonyl (C=O) groups is 3. The smallest absolute Gasteiger partial charge is 0.272 e. The van der Waals surface area contributed by atoms with E-state index < -0.39 is 11.8 Å². The van der Waals surface area contributed by atoms with Crippen LogP contribution in [-0.4, -0.2) is 35.1 Å². The molecule has 8 nitrogen and oxygen atoms in total. The van der Waals surface area contributed by atoms with E-state index in [0.717, 1.165) is 40.0 Å². The van der Waals surface area contributed by atoms with Gasteiger partial charge >= 0.3 is 0 Å². The van der Waals surface area contributed by atoms with E-state index in [4.69, 9.17) is 4.74 Å². The van der Waals surface area contributed by atoms with Crippen molar-refractivity contribution in [2.24, 2.45) is 0 Å². The van der Waals surface area contributed by atoms with Crippen LogP contribution in [0, 0.1) is 0 Å². The van der Waals surface area contributed by atoms with E-state index in [9.17, 15) is 14.4 Å². The topological polar surface area (TPSA) is 112 Å². The number of benzene rings is 4. The van der Waals surface area contributed by atoms with Gasteiger partial charge < -0.3 is 25.7 Å². The van der Waals surface area contributed by atoms with E-state index in [-0.39, 0.29) is 17.4 Å². The van der Waals surface area contributed by atoms with Crippen LogP contribution >= 0.6 is 11.8 Å². The summed E-state index contributed by atoms with van der Waals surface area (Å²) in [5, 5.41) is 9.49. The van der Waals surface area contributed by atoms with Crippen LogP contribution in [0.4, 0.5) is 11.4 Å². The lowest BCUT2D eigenvalue weighted by Crippen LogP contribution is -2.30. The number of amides is 3. The van der Waals surface area contributed by atoms with Crippen LogP contribution in [0.3, 0.4) is 0 Å². The molecule has 0 fully saturated rings. The van der Waals surface area contributed by atoms with Crippen LogP contribution in [0.5, 0.6) is 5.75 Å². The third kappa shape index (κ3) is 8.87. The summed E-state index contributed by atoms with van der Waals surface area (Å²) < 4.78 is 5.67. The van der Waals surface area contributed by atoms with Gasteiger partial charge in [-0.3, -0.25) is 14.4 Å². The molecule has 3 amide bonds. The second-order valence-electron chi connectivity index (χ2n) is 10.2. The number of aromatic amines is 1. The molecule has 0 unspecified atom stereocenters. The van der Waals surface area contributed by atoms with Crippen molar-refractivity contribution < 1.29 is 19.1 Å². The van der Waals surface area contributed by atoms with Crippen molar-refractivity contribution in [1.82, 2.24) is 10.3 Å². The lowest BCUT2D eigenvalue weighted by atomic mass is 10.1. The SMILES string of the molecule is CCCCOc1ccc(NC(=O)CSc2cccc(NC(=O)/C(=C/c3c[nH]c4ccccc34)NC(=O)c3ccccc3)c2)cc1. The number of unbranched alkanes of at least 4 members (excludes halogenated alkanes) is 1. The highest BCUT2D eigenvalue weighted by molar-refractivity contribution is 8.00. The molecule has 0 atom stereocenters. The molecule has 0 aliphatic heterocycles. The monoisotopic (exact) mass is 618 g/mol. The number of carbonyl (C=O) groups excluding carboxylic acids is 3. The van der Waals surface area contributed by atoms with Crippen molar-refractivity contribution in [3.8, 4) is 5.75 Å². The lowest BCUT2D eigenvalue weighted by Gasteiger charge is -2.12. The summed E-state index contributed by atoms with van der Waals surface area (Å²) in [4.78, 5) is 43.2. The molecule has 5 rings (SSSR count). The standard InChI is InChI=1S/C36H34N4O4S/c1-2-3-20-44-29-18-16-27(17-19-29)38-34(41)24-45-30-13-9-12-28(22-30)39-36(43)33(40-35(42)25-10-5-4-6-11-25)21-26-23-37-32-15-8-7-14-31(26)32/h4-19,21-23,37H,2-3,20,24H2,1H3,(H,38,41)(H,39,43)(H,40,42)/b33-21-. The summed E-state index contributed by atoms with van der Waals surface area (Å²) in [6, 6.07) is 31.0. The number of aromatic nitrogens is 1. The minimum absolute atomic E-state index is 0.0906. The molecular weight excluding hydrogens is 584 g/mol. The third-order valence-electron chi connectivity index (χ3n) is 6.82. The van der Waals surface area contributed by atoms with E-state index in [1.54, 1.807) is 54.7 Å². The summed E-state index contributed by atoms with van der Waals surface area (Å²) in [5.74, 6) is -0.0711. The Hall–Kier alpha value is -5.28. The minimum atomic E-state index is -0.480. The first kappa shape index (κ1) is 31.2. The molecule has 0 bridgehead atoms. The van der Waals surface area contributed by atoms with E-state index in [1.807, 2.05) is 60.7 Å². The van der Waals surface area contributed by atoms with E-state index in [1.165, 1.54) is 11.8 Å². The van der Waals surface area contributed by atoms with Gasteiger partial charge in [0.15, 0.2) is 0 Å². The van der Waals surface area contributed by atoms with Gasteiger partial charge in [-0.2, -0.15) is 0 Å². The van der Waals surface area contributed by atoms with E-state index >= 15 is 0 Å². The van der Waals surface area contributed by atoms with Gasteiger partial charge in [0.25, 0.3) is 11.8 Å². The Morgan fingerprint density at radius 3 is 2.42 bits per heavy atom. The molecule has 0 radical (unpaired) electrons. The van der Waals surface area contributed by atoms with Gasteiger partial charge in [0.1, 0.15) is 11.4 Å². The maximum atomic E-state index is 13.5. The molecule has 0 saturated heterocycles. The van der Waals surface area contributed by atoms with Gasteiger partial charge in [0.05, 0.1) is 12.4 Å². The molecule has 228 valence electrons. The maximum Gasteiger partial charge on any atom is 0.272 e. The first-order valence-corrected chi connectivity index (χ1v) is 15.7. The highest BCUT2D eigenvalue weighted by Gasteiger charge is 2.16. The number of rotatable bonds is 13. The Morgan fingerprint density at radius 2 is 1.62 bits per heavy atom. The minimum Gasteiger partial charge on any atom is -0.494 e. The molecule has 0 spiro atoms. The molecule has 0 aliphatic rings. The zero-order valence-corrected chi connectivity index (χ0v) is 25.7. The zero-order valence-electron chi connectivity index (χ0n) is 24.8. The molecule has 4 N–H and O–H groups in total. The molecule has 0 saturated carbocycles. The number of fused-ring (bicyclic) bond motifs is 1. The Balaban J connectivity index is 1.24. The van der Waals surface area contributed by atoms with Gasteiger partial charge in [-0.25, -0.2) is 0 Å².